The van der Waals surface area contributed by atoms with Crippen molar-refractivity contribution in [1.29, 1.82) is 0 Å². The van der Waals surface area contributed by atoms with Gasteiger partial charge in [0.15, 0.2) is 0 Å². The molecule has 0 aromatic rings. The molecule has 146 valence electrons. The summed E-state index contributed by atoms with van der Waals surface area (Å²) in [5, 5.41) is 2.72. The number of carbonyl (C=O) groups is 3. The topological polar surface area (TPSA) is 145 Å². The minimum absolute atomic E-state index is 0.0700. The van der Waals surface area contributed by atoms with Crippen LogP contribution in [0.4, 0.5) is 0 Å². The Hall–Kier alpha value is -1.35. The number of hydrogen-bond donors (Lipinski definition) is 4. The fraction of sp³-hybridized carbons (Fsp3) is 0.824. The van der Waals surface area contributed by atoms with E-state index in [0.29, 0.717) is 90.8 Å². The summed E-state index contributed by atoms with van der Waals surface area (Å²) >= 11 is 0. The number of amides is 1. The summed E-state index contributed by atoms with van der Waals surface area (Å²) in [7, 11) is 0. The number of nitrogens with two attached hydrogens (primary N) is 3. The van der Waals surface area contributed by atoms with Gasteiger partial charge >= 0.3 is 0 Å². The Labute approximate surface area is 150 Å². The molecular formula is C17H35N5O3. The molecule has 0 rings (SSSR count). The quantitative estimate of drug-likeness (QED) is 0.265. The molecule has 25 heavy (non-hydrogen) atoms. The molecule has 0 radical (unpaired) electrons. The number of carbonyl (C=O) groups excluding carboxylic acids is 3. The number of hydrogen-bond acceptors (Lipinski definition) is 7. The van der Waals surface area contributed by atoms with Crippen molar-refractivity contribution in [2.45, 2.75) is 44.9 Å². The highest BCUT2D eigenvalue weighted by atomic mass is 16.1. The molecule has 0 aromatic carbocycles. The highest BCUT2D eigenvalue weighted by molar-refractivity contribution is 5.79. The average molecular weight is 357 g/mol. The Morgan fingerprint density at radius 2 is 1.16 bits per heavy atom. The smallest absolute Gasteiger partial charge is 0.221 e. The first kappa shape index (κ1) is 23.6. The van der Waals surface area contributed by atoms with Crippen molar-refractivity contribution in [3.63, 3.8) is 0 Å². The molecule has 0 saturated carbocycles. The maximum Gasteiger partial charge on any atom is 0.221 e. The van der Waals surface area contributed by atoms with Crippen molar-refractivity contribution in [2.24, 2.45) is 17.2 Å². The Morgan fingerprint density at radius 3 is 1.60 bits per heavy atom. The van der Waals surface area contributed by atoms with Crippen molar-refractivity contribution < 1.29 is 14.4 Å². The number of nitrogens with one attached hydrogen (secondary N) is 1. The molecule has 0 atom stereocenters. The van der Waals surface area contributed by atoms with Gasteiger partial charge < -0.3 is 27.4 Å². The van der Waals surface area contributed by atoms with Gasteiger partial charge in [-0.05, 0) is 25.9 Å². The number of ketones is 2. The Morgan fingerprint density at radius 1 is 0.680 bits per heavy atom. The molecule has 0 bridgehead atoms. The molecule has 0 aliphatic rings. The van der Waals surface area contributed by atoms with E-state index in [0.717, 1.165) is 0 Å². The zero-order chi connectivity index (χ0) is 18.9. The van der Waals surface area contributed by atoms with Gasteiger partial charge in [-0.25, -0.2) is 0 Å². The SMILES string of the molecule is NCCCC(=O)CCN(CCC(=O)CCCN)CCC(=O)NCCN. The maximum atomic E-state index is 11.8. The first-order valence-corrected chi connectivity index (χ1v) is 9.16. The first-order valence-electron chi connectivity index (χ1n) is 9.16. The van der Waals surface area contributed by atoms with E-state index in [1.54, 1.807) is 0 Å². The monoisotopic (exact) mass is 357 g/mol. The lowest BCUT2D eigenvalue weighted by molar-refractivity contribution is -0.121. The molecule has 0 fully saturated rings. The normalized spacial score (nSPS) is 10.9. The number of rotatable bonds is 17. The fourth-order valence-corrected chi connectivity index (χ4v) is 2.31. The summed E-state index contributed by atoms with van der Waals surface area (Å²) in [5.41, 5.74) is 16.2. The molecule has 0 aromatic heterocycles. The summed E-state index contributed by atoms with van der Waals surface area (Å²) in [4.78, 5) is 37.3. The second kappa shape index (κ2) is 16.1. The fourth-order valence-electron chi connectivity index (χ4n) is 2.31. The summed E-state index contributed by atoms with van der Waals surface area (Å²) in [6.45, 7) is 3.49. The summed E-state index contributed by atoms with van der Waals surface area (Å²) < 4.78 is 0. The minimum atomic E-state index is -0.0700. The van der Waals surface area contributed by atoms with E-state index in [1.165, 1.54) is 0 Å². The highest BCUT2D eigenvalue weighted by Crippen LogP contribution is 2.03. The molecule has 0 aliphatic heterocycles. The summed E-state index contributed by atoms with van der Waals surface area (Å²) in [5.74, 6) is 0.259. The second-order valence-corrected chi connectivity index (χ2v) is 6.09. The Kier molecular flexibility index (Phi) is 15.3. The van der Waals surface area contributed by atoms with Crippen molar-refractivity contribution in [2.75, 3.05) is 45.8 Å². The third-order valence-corrected chi connectivity index (χ3v) is 3.85. The lowest BCUT2D eigenvalue weighted by Gasteiger charge is -2.21. The van der Waals surface area contributed by atoms with Crippen LogP contribution in [0, 0.1) is 0 Å². The third-order valence-electron chi connectivity index (χ3n) is 3.85. The molecule has 0 spiro atoms. The van der Waals surface area contributed by atoms with Crippen LogP contribution in [0.5, 0.6) is 0 Å². The molecule has 1 amide bonds. The predicted octanol–water partition coefficient (Wildman–Crippen LogP) is -0.850. The van der Waals surface area contributed by atoms with E-state index in [9.17, 15) is 14.4 Å². The van der Waals surface area contributed by atoms with Crippen LogP contribution in [0.25, 0.3) is 0 Å². The number of Topliss-reactive ketones (excluding diaryl/α,β-unsaturated/α-hetero) is 2. The zero-order valence-electron chi connectivity index (χ0n) is 15.3. The van der Waals surface area contributed by atoms with Crippen LogP contribution in [-0.2, 0) is 14.4 Å². The van der Waals surface area contributed by atoms with Gasteiger partial charge in [0.05, 0.1) is 0 Å². The largest absolute Gasteiger partial charge is 0.355 e. The van der Waals surface area contributed by atoms with Gasteiger partial charge in [0.2, 0.25) is 5.91 Å². The van der Waals surface area contributed by atoms with Gasteiger partial charge in [0, 0.05) is 64.8 Å². The lowest BCUT2D eigenvalue weighted by atomic mass is 10.1. The van der Waals surface area contributed by atoms with Gasteiger partial charge in [-0.3, -0.25) is 14.4 Å². The van der Waals surface area contributed by atoms with E-state index in [1.807, 2.05) is 4.90 Å². The van der Waals surface area contributed by atoms with Crippen molar-refractivity contribution in [1.82, 2.24) is 10.2 Å². The van der Waals surface area contributed by atoms with E-state index in [4.69, 9.17) is 17.2 Å². The standard InChI is InChI=1S/C17H35N5O3/c18-8-1-3-15(23)5-12-22(13-6-16(24)4-2-9-19)14-7-17(25)21-11-10-20/h1-14,18-20H2,(H,21,25). The van der Waals surface area contributed by atoms with Crippen LogP contribution >= 0.6 is 0 Å². The van der Waals surface area contributed by atoms with Crippen molar-refractivity contribution in [3.8, 4) is 0 Å². The van der Waals surface area contributed by atoms with Gasteiger partial charge in [-0.15, -0.1) is 0 Å². The van der Waals surface area contributed by atoms with Crippen LogP contribution < -0.4 is 22.5 Å². The van der Waals surface area contributed by atoms with Crippen LogP contribution in [0.2, 0.25) is 0 Å². The second-order valence-electron chi connectivity index (χ2n) is 6.09. The van der Waals surface area contributed by atoms with Crippen LogP contribution in [0.15, 0.2) is 0 Å². The summed E-state index contributed by atoms with van der Waals surface area (Å²) in [6, 6.07) is 0. The van der Waals surface area contributed by atoms with E-state index >= 15 is 0 Å². The van der Waals surface area contributed by atoms with Crippen LogP contribution in [0.1, 0.15) is 44.9 Å². The van der Waals surface area contributed by atoms with E-state index in [-0.39, 0.29) is 17.5 Å². The zero-order valence-corrected chi connectivity index (χ0v) is 15.3. The molecule has 0 unspecified atom stereocenters. The number of nitrogens with zero attached hydrogens (tertiary/aromatic N) is 1. The van der Waals surface area contributed by atoms with Gasteiger partial charge in [-0.2, -0.15) is 0 Å². The highest BCUT2D eigenvalue weighted by Gasteiger charge is 2.12. The van der Waals surface area contributed by atoms with Gasteiger partial charge in [-0.1, -0.05) is 0 Å². The molecular weight excluding hydrogens is 322 g/mol. The first-order chi connectivity index (χ1) is 12.0. The maximum absolute atomic E-state index is 11.8. The van der Waals surface area contributed by atoms with E-state index < -0.39 is 0 Å². The molecule has 0 saturated heterocycles. The average Bonchev–Trinajstić information content (AvgIpc) is 2.61. The molecule has 8 nitrogen and oxygen atoms in total. The molecule has 0 heterocycles. The molecule has 0 aliphatic carbocycles. The van der Waals surface area contributed by atoms with Gasteiger partial charge in [0.1, 0.15) is 11.6 Å². The van der Waals surface area contributed by atoms with Crippen molar-refractivity contribution >= 4 is 17.5 Å². The van der Waals surface area contributed by atoms with Crippen LogP contribution in [-0.4, -0.2) is 68.2 Å². The van der Waals surface area contributed by atoms with Gasteiger partial charge in [0.25, 0.3) is 0 Å². The molecule has 7 N–H and O–H groups in total. The Bertz CT molecular complexity index is 333. The summed E-state index contributed by atoms with van der Waals surface area (Å²) in [6.07, 6.45) is 3.51. The third kappa shape index (κ3) is 14.7. The molecule has 8 heteroatoms. The Balaban J connectivity index is 4.31. The van der Waals surface area contributed by atoms with E-state index in [2.05, 4.69) is 5.32 Å². The minimum Gasteiger partial charge on any atom is -0.355 e. The lowest BCUT2D eigenvalue weighted by Crippen LogP contribution is -2.35. The van der Waals surface area contributed by atoms with Crippen molar-refractivity contribution in [3.05, 3.63) is 0 Å². The predicted molar refractivity (Wildman–Crippen MR) is 98.9 cm³/mol. The van der Waals surface area contributed by atoms with Crippen LogP contribution in [0.3, 0.4) is 0 Å².